The van der Waals surface area contributed by atoms with Crippen LogP contribution in [0.1, 0.15) is 40.1 Å². The summed E-state index contributed by atoms with van der Waals surface area (Å²) in [5, 5.41) is 7.24. The van der Waals surface area contributed by atoms with Crippen LogP contribution in [0, 0.1) is 6.92 Å². The summed E-state index contributed by atoms with van der Waals surface area (Å²) in [7, 11) is 0. The maximum absolute atomic E-state index is 13.6. The molecule has 2 aliphatic heterocycles. The van der Waals surface area contributed by atoms with Gasteiger partial charge in [0.25, 0.3) is 0 Å². The van der Waals surface area contributed by atoms with Gasteiger partial charge in [-0.1, -0.05) is 18.2 Å². The highest BCUT2D eigenvalue weighted by Gasteiger charge is 2.36. The average Bonchev–Trinajstić information content (AvgIpc) is 3.38. The first kappa shape index (κ1) is 18.5. The van der Waals surface area contributed by atoms with E-state index in [-0.39, 0.29) is 24.5 Å². The largest absolute Gasteiger partial charge is 0.454 e. The minimum absolute atomic E-state index is 0.101. The normalized spacial score (nSPS) is 21.6. The third-order valence-electron chi connectivity index (χ3n) is 6.22. The SMILES string of the molecule is Cc1ccc([C@H]2Nc3ccccc3NC3=C2C(=O)C[C@@H](c2ccc4c(c2)OCO4)C3)s1. The fourth-order valence-corrected chi connectivity index (χ4v) is 5.66. The van der Waals surface area contributed by atoms with Crippen LogP contribution >= 0.6 is 11.3 Å². The minimum atomic E-state index is -0.143. The Morgan fingerprint density at radius 2 is 1.81 bits per heavy atom. The molecule has 156 valence electrons. The van der Waals surface area contributed by atoms with Crippen LogP contribution in [0.5, 0.6) is 11.5 Å². The van der Waals surface area contributed by atoms with Crippen LogP contribution in [-0.4, -0.2) is 12.6 Å². The Balaban J connectivity index is 1.42. The molecule has 0 fully saturated rings. The van der Waals surface area contributed by atoms with Crippen molar-refractivity contribution in [3.05, 3.63) is 81.2 Å². The lowest BCUT2D eigenvalue weighted by molar-refractivity contribution is -0.116. The molecule has 2 N–H and O–H groups in total. The molecule has 2 atom stereocenters. The first-order valence-electron chi connectivity index (χ1n) is 10.5. The number of ether oxygens (including phenoxy) is 2. The molecule has 3 aromatic rings. The van der Waals surface area contributed by atoms with Crippen LogP contribution in [-0.2, 0) is 4.79 Å². The van der Waals surface area contributed by atoms with Gasteiger partial charge in [-0.2, -0.15) is 0 Å². The van der Waals surface area contributed by atoms with E-state index in [1.807, 2.05) is 24.3 Å². The predicted octanol–water partition coefficient (Wildman–Crippen LogP) is 5.76. The van der Waals surface area contributed by atoms with Gasteiger partial charge in [0.1, 0.15) is 0 Å². The van der Waals surface area contributed by atoms with Crippen molar-refractivity contribution in [1.29, 1.82) is 0 Å². The van der Waals surface area contributed by atoms with Gasteiger partial charge in [0, 0.05) is 27.4 Å². The fourth-order valence-electron chi connectivity index (χ4n) is 4.72. The number of thiophene rings is 1. The van der Waals surface area contributed by atoms with Gasteiger partial charge in [-0.25, -0.2) is 0 Å². The maximum Gasteiger partial charge on any atom is 0.231 e. The molecule has 31 heavy (non-hydrogen) atoms. The lowest BCUT2D eigenvalue weighted by Gasteiger charge is -2.29. The molecule has 6 rings (SSSR count). The van der Waals surface area contributed by atoms with Crippen molar-refractivity contribution in [2.24, 2.45) is 0 Å². The second-order valence-corrected chi connectivity index (χ2v) is 9.55. The van der Waals surface area contributed by atoms with Gasteiger partial charge in [0.05, 0.1) is 17.4 Å². The minimum Gasteiger partial charge on any atom is -0.454 e. The van der Waals surface area contributed by atoms with E-state index >= 15 is 0 Å². The van der Waals surface area contributed by atoms with E-state index < -0.39 is 0 Å². The molecule has 0 unspecified atom stereocenters. The first-order valence-corrected chi connectivity index (χ1v) is 11.3. The van der Waals surface area contributed by atoms with Crippen LogP contribution in [0.25, 0.3) is 0 Å². The number of Topliss-reactive ketones (excluding diaryl/α,β-unsaturated/α-hetero) is 1. The Morgan fingerprint density at radius 1 is 0.968 bits per heavy atom. The van der Waals surface area contributed by atoms with Gasteiger partial charge < -0.3 is 20.1 Å². The molecule has 3 heterocycles. The number of benzene rings is 2. The number of nitrogens with one attached hydrogen (secondary N) is 2. The summed E-state index contributed by atoms with van der Waals surface area (Å²) in [5.74, 6) is 1.82. The lowest BCUT2D eigenvalue weighted by atomic mass is 9.79. The highest BCUT2D eigenvalue weighted by atomic mass is 32.1. The zero-order valence-electron chi connectivity index (χ0n) is 17.1. The van der Waals surface area contributed by atoms with Crippen LogP contribution < -0.4 is 20.1 Å². The second kappa shape index (κ2) is 7.17. The average molecular weight is 431 g/mol. The van der Waals surface area contributed by atoms with Crippen LogP contribution in [0.4, 0.5) is 11.4 Å². The molecular formula is C25H22N2O3S. The quantitative estimate of drug-likeness (QED) is 0.541. The Labute approximate surface area is 184 Å². The van der Waals surface area contributed by atoms with Crippen LogP contribution in [0.2, 0.25) is 0 Å². The Bertz CT molecular complexity index is 1230. The second-order valence-electron chi connectivity index (χ2n) is 8.23. The van der Waals surface area contributed by atoms with Crippen molar-refractivity contribution in [3.63, 3.8) is 0 Å². The van der Waals surface area contributed by atoms with E-state index in [0.29, 0.717) is 6.42 Å². The molecule has 0 radical (unpaired) electrons. The van der Waals surface area contributed by atoms with E-state index in [2.05, 4.69) is 47.9 Å². The highest BCUT2D eigenvalue weighted by molar-refractivity contribution is 7.12. The summed E-state index contributed by atoms with van der Waals surface area (Å²) in [6.07, 6.45) is 1.26. The predicted molar refractivity (Wildman–Crippen MR) is 122 cm³/mol. The summed E-state index contributed by atoms with van der Waals surface area (Å²) >= 11 is 1.74. The maximum atomic E-state index is 13.6. The zero-order chi connectivity index (χ0) is 20.9. The number of carbonyl (C=O) groups is 1. The molecule has 0 spiro atoms. The number of hydrogen-bond acceptors (Lipinski definition) is 6. The molecule has 1 aromatic heterocycles. The molecule has 1 aliphatic carbocycles. The number of para-hydroxylation sites is 2. The van der Waals surface area contributed by atoms with Crippen LogP contribution in [0.15, 0.2) is 65.9 Å². The van der Waals surface area contributed by atoms with Crippen molar-refractivity contribution >= 4 is 28.5 Å². The fraction of sp³-hybridized carbons (Fsp3) is 0.240. The van der Waals surface area contributed by atoms with Crippen molar-refractivity contribution < 1.29 is 14.3 Å². The van der Waals surface area contributed by atoms with Crippen molar-refractivity contribution in [1.82, 2.24) is 0 Å². The highest BCUT2D eigenvalue weighted by Crippen LogP contribution is 2.46. The molecule has 0 amide bonds. The number of rotatable bonds is 2. The van der Waals surface area contributed by atoms with E-state index in [1.54, 1.807) is 11.3 Å². The number of fused-ring (bicyclic) bond motifs is 2. The molecule has 6 heteroatoms. The molecule has 0 saturated carbocycles. The molecular weight excluding hydrogens is 408 g/mol. The molecule has 0 saturated heterocycles. The summed E-state index contributed by atoms with van der Waals surface area (Å²) in [6, 6.07) is 18.3. The summed E-state index contributed by atoms with van der Waals surface area (Å²) in [6.45, 7) is 2.36. The van der Waals surface area contributed by atoms with Crippen molar-refractivity contribution in [3.8, 4) is 11.5 Å². The standard InChI is InChI=1S/C25H22N2O3S/c1-14-6-9-23(31-14)25-24-19(26-17-4-2-3-5-18(17)27-25)10-16(11-20(24)28)15-7-8-21-22(12-15)30-13-29-21/h2-9,12,16,25-27H,10-11,13H2,1H3/t16-,25+/m0/s1. The van der Waals surface area contributed by atoms with E-state index in [4.69, 9.17) is 9.47 Å². The molecule has 5 nitrogen and oxygen atoms in total. The van der Waals surface area contributed by atoms with Gasteiger partial charge in [0.2, 0.25) is 6.79 Å². The smallest absolute Gasteiger partial charge is 0.231 e. The van der Waals surface area contributed by atoms with Crippen LogP contribution in [0.3, 0.4) is 0 Å². The molecule has 2 aromatic carbocycles. The summed E-state index contributed by atoms with van der Waals surface area (Å²) in [4.78, 5) is 16.0. The van der Waals surface area contributed by atoms with E-state index in [1.165, 1.54) is 9.75 Å². The van der Waals surface area contributed by atoms with Crippen molar-refractivity contribution in [2.45, 2.75) is 31.7 Å². The van der Waals surface area contributed by atoms with E-state index in [9.17, 15) is 4.79 Å². The molecule has 0 bridgehead atoms. The van der Waals surface area contributed by atoms with Gasteiger partial charge >= 0.3 is 0 Å². The third-order valence-corrected chi connectivity index (χ3v) is 7.29. The number of aryl methyl sites for hydroxylation is 1. The number of allylic oxidation sites excluding steroid dienone is 1. The zero-order valence-corrected chi connectivity index (χ0v) is 17.9. The Morgan fingerprint density at radius 3 is 2.65 bits per heavy atom. The first-order chi connectivity index (χ1) is 15.2. The third kappa shape index (κ3) is 3.18. The number of carbonyl (C=O) groups excluding carboxylic acids is 1. The lowest BCUT2D eigenvalue weighted by Crippen LogP contribution is -2.26. The number of hydrogen-bond donors (Lipinski definition) is 2. The topological polar surface area (TPSA) is 59.6 Å². The Kier molecular flexibility index (Phi) is 4.28. The van der Waals surface area contributed by atoms with Gasteiger partial charge in [-0.3, -0.25) is 4.79 Å². The monoisotopic (exact) mass is 430 g/mol. The van der Waals surface area contributed by atoms with Gasteiger partial charge in [0.15, 0.2) is 17.3 Å². The Hall–Kier alpha value is -3.25. The summed E-state index contributed by atoms with van der Waals surface area (Å²) in [5.41, 5.74) is 4.99. The van der Waals surface area contributed by atoms with Gasteiger partial charge in [-0.15, -0.1) is 11.3 Å². The number of ketones is 1. The van der Waals surface area contributed by atoms with E-state index in [0.717, 1.165) is 46.1 Å². The summed E-state index contributed by atoms with van der Waals surface area (Å²) < 4.78 is 11.0. The number of anilines is 2. The van der Waals surface area contributed by atoms with Crippen molar-refractivity contribution in [2.75, 3.05) is 17.4 Å². The van der Waals surface area contributed by atoms with Gasteiger partial charge in [-0.05, 0) is 61.2 Å². The molecule has 3 aliphatic rings.